The van der Waals surface area contributed by atoms with Crippen molar-refractivity contribution >= 4 is 18.4 Å². The summed E-state index contributed by atoms with van der Waals surface area (Å²) in [4.78, 5) is 15.5. The zero-order chi connectivity index (χ0) is 11.8. The second-order valence-electron chi connectivity index (χ2n) is 4.27. The van der Waals surface area contributed by atoms with Gasteiger partial charge in [-0.3, -0.25) is 0 Å². The molecule has 1 aromatic heterocycles. The molecular formula is C11H17ClN2O3. The maximum absolute atomic E-state index is 11.5. The SMILES string of the molecule is CC[C@]1(O)C(=O)OC[C@@H]1Cc1cncn1C.Cl. The molecule has 1 fully saturated rings. The van der Waals surface area contributed by atoms with Crippen LogP contribution in [0.4, 0.5) is 0 Å². The summed E-state index contributed by atoms with van der Waals surface area (Å²) in [6.07, 6.45) is 4.44. The topological polar surface area (TPSA) is 64.3 Å². The van der Waals surface area contributed by atoms with Crippen LogP contribution in [0.2, 0.25) is 0 Å². The molecule has 0 radical (unpaired) electrons. The van der Waals surface area contributed by atoms with Gasteiger partial charge in [-0.1, -0.05) is 6.92 Å². The Morgan fingerprint density at radius 3 is 2.94 bits per heavy atom. The van der Waals surface area contributed by atoms with Gasteiger partial charge in [0.2, 0.25) is 0 Å². The Morgan fingerprint density at radius 1 is 1.71 bits per heavy atom. The Morgan fingerprint density at radius 2 is 2.41 bits per heavy atom. The summed E-state index contributed by atoms with van der Waals surface area (Å²) < 4.78 is 6.83. The summed E-state index contributed by atoms with van der Waals surface area (Å²) in [5, 5.41) is 10.2. The first-order chi connectivity index (χ1) is 7.58. The minimum Gasteiger partial charge on any atom is -0.463 e. The summed E-state index contributed by atoms with van der Waals surface area (Å²) in [6.45, 7) is 2.08. The van der Waals surface area contributed by atoms with Crippen LogP contribution in [0, 0.1) is 5.92 Å². The Bertz CT molecular complexity index is 407. The second kappa shape index (κ2) is 5.06. The van der Waals surface area contributed by atoms with E-state index in [2.05, 4.69) is 4.98 Å². The van der Waals surface area contributed by atoms with Crippen molar-refractivity contribution < 1.29 is 14.6 Å². The fourth-order valence-corrected chi connectivity index (χ4v) is 2.10. The van der Waals surface area contributed by atoms with Crippen LogP contribution in [0.1, 0.15) is 19.0 Å². The molecule has 0 amide bonds. The third-order valence-corrected chi connectivity index (χ3v) is 3.36. The predicted octanol–water partition coefficient (Wildman–Crippen LogP) is 0.698. The summed E-state index contributed by atoms with van der Waals surface area (Å²) in [7, 11) is 1.89. The van der Waals surface area contributed by atoms with Crippen LogP contribution < -0.4 is 0 Å². The molecule has 1 aromatic rings. The van der Waals surface area contributed by atoms with E-state index in [0.29, 0.717) is 12.8 Å². The van der Waals surface area contributed by atoms with Gasteiger partial charge in [0.1, 0.15) is 0 Å². The fraction of sp³-hybridized carbons (Fsp3) is 0.636. The van der Waals surface area contributed by atoms with Gasteiger partial charge in [-0.2, -0.15) is 0 Å². The molecule has 2 rings (SSSR count). The highest BCUT2D eigenvalue weighted by atomic mass is 35.5. The Balaban J connectivity index is 0.00000144. The molecule has 96 valence electrons. The van der Waals surface area contributed by atoms with Gasteiger partial charge < -0.3 is 14.4 Å². The lowest BCUT2D eigenvalue weighted by atomic mass is 9.84. The van der Waals surface area contributed by atoms with Crippen LogP contribution in [0.25, 0.3) is 0 Å². The van der Waals surface area contributed by atoms with Gasteiger partial charge in [-0.25, -0.2) is 9.78 Å². The average molecular weight is 261 g/mol. The van der Waals surface area contributed by atoms with Crippen molar-refractivity contribution in [1.82, 2.24) is 9.55 Å². The van der Waals surface area contributed by atoms with Crippen LogP contribution in [-0.4, -0.2) is 32.8 Å². The lowest BCUT2D eigenvalue weighted by molar-refractivity contribution is -0.154. The molecule has 1 aliphatic heterocycles. The number of carbonyl (C=O) groups excluding carboxylic acids is 1. The van der Waals surface area contributed by atoms with Gasteiger partial charge in [0.25, 0.3) is 0 Å². The molecule has 0 aromatic carbocycles. The molecule has 0 bridgehead atoms. The molecule has 2 heterocycles. The molecule has 5 nitrogen and oxygen atoms in total. The quantitative estimate of drug-likeness (QED) is 0.813. The number of cyclic esters (lactones) is 1. The van der Waals surface area contributed by atoms with Crippen molar-refractivity contribution in [2.24, 2.45) is 13.0 Å². The molecule has 0 aliphatic carbocycles. The molecule has 6 heteroatoms. The number of ether oxygens (including phenoxy) is 1. The van der Waals surface area contributed by atoms with E-state index in [1.165, 1.54) is 0 Å². The number of esters is 1. The monoisotopic (exact) mass is 260 g/mol. The number of imidazole rings is 1. The highest BCUT2D eigenvalue weighted by Crippen LogP contribution is 2.32. The van der Waals surface area contributed by atoms with Crippen LogP contribution >= 0.6 is 12.4 Å². The minimum atomic E-state index is -1.33. The van der Waals surface area contributed by atoms with Crippen molar-refractivity contribution in [2.45, 2.75) is 25.4 Å². The number of carbonyl (C=O) groups is 1. The van der Waals surface area contributed by atoms with Gasteiger partial charge in [0, 0.05) is 24.9 Å². The Hall–Kier alpha value is -1.07. The van der Waals surface area contributed by atoms with Gasteiger partial charge >= 0.3 is 5.97 Å². The smallest absolute Gasteiger partial charge is 0.338 e. The summed E-state index contributed by atoms with van der Waals surface area (Å²) in [6, 6.07) is 0. The van der Waals surface area contributed by atoms with E-state index in [1.54, 1.807) is 19.4 Å². The molecular weight excluding hydrogens is 244 g/mol. The van der Waals surface area contributed by atoms with E-state index >= 15 is 0 Å². The third kappa shape index (κ3) is 2.30. The molecule has 1 saturated heterocycles. The fourth-order valence-electron chi connectivity index (χ4n) is 2.10. The lowest BCUT2D eigenvalue weighted by Gasteiger charge is -2.23. The predicted molar refractivity (Wildman–Crippen MR) is 63.8 cm³/mol. The zero-order valence-corrected chi connectivity index (χ0v) is 10.7. The molecule has 2 atom stereocenters. The van der Waals surface area contributed by atoms with Crippen molar-refractivity contribution in [2.75, 3.05) is 6.61 Å². The second-order valence-corrected chi connectivity index (χ2v) is 4.27. The standard InChI is InChI=1S/C11H16N2O3.ClH/c1-3-11(15)8(6-16-10(11)14)4-9-5-12-7-13(9)2;/h5,7-8,15H,3-4,6H2,1-2H3;1H/t8-,11+;/m0./s1. The normalized spacial score (nSPS) is 27.7. The number of aryl methyl sites for hydroxylation is 1. The van der Waals surface area contributed by atoms with Gasteiger partial charge in [-0.05, 0) is 12.8 Å². The van der Waals surface area contributed by atoms with Gasteiger partial charge in [0.15, 0.2) is 5.60 Å². The first-order valence-corrected chi connectivity index (χ1v) is 5.42. The highest BCUT2D eigenvalue weighted by molar-refractivity contribution is 5.85. The van der Waals surface area contributed by atoms with Gasteiger partial charge in [0.05, 0.1) is 12.9 Å². The number of aromatic nitrogens is 2. The lowest BCUT2D eigenvalue weighted by Crippen LogP contribution is -2.41. The first-order valence-electron chi connectivity index (χ1n) is 5.42. The Kier molecular flexibility index (Phi) is 4.16. The average Bonchev–Trinajstić information content (AvgIpc) is 2.79. The van der Waals surface area contributed by atoms with E-state index in [-0.39, 0.29) is 24.9 Å². The summed E-state index contributed by atoms with van der Waals surface area (Å²) in [5.41, 5.74) is -0.334. The zero-order valence-electron chi connectivity index (χ0n) is 9.92. The van der Waals surface area contributed by atoms with Crippen LogP contribution in [-0.2, 0) is 23.0 Å². The number of halogens is 1. The van der Waals surface area contributed by atoms with Crippen molar-refractivity contribution in [3.05, 3.63) is 18.2 Å². The molecule has 0 unspecified atom stereocenters. The van der Waals surface area contributed by atoms with Crippen LogP contribution in [0.5, 0.6) is 0 Å². The van der Waals surface area contributed by atoms with Crippen LogP contribution in [0.15, 0.2) is 12.5 Å². The third-order valence-electron chi connectivity index (χ3n) is 3.36. The largest absolute Gasteiger partial charge is 0.463 e. The van der Waals surface area contributed by atoms with E-state index in [0.717, 1.165) is 5.69 Å². The molecule has 0 saturated carbocycles. The first kappa shape index (κ1) is 14.0. The molecule has 1 aliphatic rings. The highest BCUT2D eigenvalue weighted by Gasteiger charge is 2.49. The van der Waals surface area contributed by atoms with E-state index < -0.39 is 11.6 Å². The maximum Gasteiger partial charge on any atom is 0.338 e. The molecule has 17 heavy (non-hydrogen) atoms. The maximum atomic E-state index is 11.5. The number of nitrogens with zero attached hydrogens (tertiary/aromatic N) is 2. The van der Waals surface area contributed by atoms with Gasteiger partial charge in [-0.15, -0.1) is 12.4 Å². The summed E-state index contributed by atoms with van der Waals surface area (Å²) in [5.74, 6) is -0.678. The van der Waals surface area contributed by atoms with E-state index in [4.69, 9.17) is 4.74 Å². The van der Waals surface area contributed by atoms with Crippen LogP contribution in [0.3, 0.4) is 0 Å². The minimum absolute atomic E-state index is 0. The van der Waals surface area contributed by atoms with E-state index in [9.17, 15) is 9.90 Å². The summed E-state index contributed by atoms with van der Waals surface area (Å²) >= 11 is 0. The number of aliphatic hydroxyl groups is 1. The van der Waals surface area contributed by atoms with Crippen molar-refractivity contribution in [1.29, 1.82) is 0 Å². The van der Waals surface area contributed by atoms with Crippen molar-refractivity contribution in [3.8, 4) is 0 Å². The number of hydrogen-bond donors (Lipinski definition) is 1. The number of hydrogen-bond acceptors (Lipinski definition) is 4. The van der Waals surface area contributed by atoms with E-state index in [1.807, 2.05) is 11.6 Å². The Labute approximate surface area is 106 Å². The number of rotatable bonds is 3. The molecule has 0 spiro atoms. The van der Waals surface area contributed by atoms with Crippen molar-refractivity contribution in [3.63, 3.8) is 0 Å². The molecule has 1 N–H and O–H groups in total.